The van der Waals surface area contributed by atoms with E-state index in [0.717, 1.165) is 10.9 Å². The van der Waals surface area contributed by atoms with Gasteiger partial charge in [-0.05, 0) is 18.6 Å². The van der Waals surface area contributed by atoms with Crippen LogP contribution in [-0.4, -0.2) is 0 Å². The van der Waals surface area contributed by atoms with Gasteiger partial charge >= 0.3 is 5.63 Å². The van der Waals surface area contributed by atoms with E-state index in [1.165, 1.54) is 12.5 Å². The second-order valence-corrected chi connectivity index (χ2v) is 3.45. The lowest BCUT2D eigenvalue weighted by Crippen LogP contribution is -1.97. The Labute approximate surface area is 89.5 Å². The van der Waals surface area contributed by atoms with E-state index < -0.39 is 0 Å². The van der Waals surface area contributed by atoms with Crippen molar-refractivity contribution in [2.45, 2.75) is 27.2 Å². The molecule has 0 radical (unpaired) electrons. The van der Waals surface area contributed by atoms with Crippen LogP contribution in [-0.2, 0) is 0 Å². The van der Waals surface area contributed by atoms with E-state index in [-0.39, 0.29) is 5.63 Å². The predicted molar refractivity (Wildman–Crippen MR) is 63.2 cm³/mol. The third-order valence-corrected chi connectivity index (χ3v) is 1.86. The molecule has 0 N–H and O–H groups in total. The molecule has 15 heavy (non-hydrogen) atoms. The van der Waals surface area contributed by atoms with E-state index in [2.05, 4.69) is 13.8 Å². The van der Waals surface area contributed by atoms with Gasteiger partial charge < -0.3 is 4.42 Å². The second-order valence-electron chi connectivity index (χ2n) is 3.45. The minimum atomic E-state index is -0.286. The van der Waals surface area contributed by atoms with Crippen LogP contribution in [0.25, 0.3) is 11.0 Å². The SMILES string of the molecule is CCC.Cc1cc(=O)oc2ccccc12. The van der Waals surface area contributed by atoms with E-state index in [1.54, 1.807) is 6.07 Å². The second kappa shape index (κ2) is 5.35. The Morgan fingerprint density at radius 2 is 1.80 bits per heavy atom. The van der Waals surface area contributed by atoms with Gasteiger partial charge in [-0.2, -0.15) is 0 Å². The maximum absolute atomic E-state index is 10.9. The number of benzene rings is 1. The van der Waals surface area contributed by atoms with Crippen LogP contribution >= 0.6 is 0 Å². The predicted octanol–water partition coefficient (Wildman–Crippen LogP) is 3.52. The molecule has 0 aliphatic carbocycles. The number of rotatable bonds is 0. The van der Waals surface area contributed by atoms with Crippen LogP contribution in [0.5, 0.6) is 0 Å². The molecule has 0 spiro atoms. The van der Waals surface area contributed by atoms with Crippen LogP contribution in [0.1, 0.15) is 25.8 Å². The first-order valence-corrected chi connectivity index (χ1v) is 5.18. The summed E-state index contributed by atoms with van der Waals surface area (Å²) < 4.78 is 4.99. The summed E-state index contributed by atoms with van der Waals surface area (Å²) in [6.45, 7) is 6.15. The summed E-state index contributed by atoms with van der Waals surface area (Å²) in [5.74, 6) is 0. The third-order valence-electron chi connectivity index (χ3n) is 1.86. The normalized spacial score (nSPS) is 9.53. The number of aryl methyl sites for hydroxylation is 1. The molecule has 1 heterocycles. The van der Waals surface area contributed by atoms with Gasteiger partial charge in [0.05, 0.1) is 0 Å². The van der Waals surface area contributed by atoms with E-state index in [9.17, 15) is 4.79 Å². The molecule has 0 saturated carbocycles. The molecule has 0 bridgehead atoms. The summed E-state index contributed by atoms with van der Waals surface area (Å²) in [6.07, 6.45) is 1.25. The molecule has 1 aromatic carbocycles. The summed E-state index contributed by atoms with van der Waals surface area (Å²) in [5, 5.41) is 0.997. The highest BCUT2D eigenvalue weighted by Crippen LogP contribution is 2.14. The Kier molecular flexibility index (Phi) is 4.10. The quantitative estimate of drug-likeness (QED) is 0.614. The third kappa shape index (κ3) is 2.94. The number of fused-ring (bicyclic) bond motifs is 1. The lowest BCUT2D eigenvalue weighted by atomic mass is 10.1. The zero-order chi connectivity index (χ0) is 11.3. The number of para-hydroxylation sites is 1. The molecule has 0 amide bonds. The average molecular weight is 204 g/mol. The van der Waals surface area contributed by atoms with Crippen LogP contribution < -0.4 is 5.63 Å². The summed E-state index contributed by atoms with van der Waals surface area (Å²) in [6, 6.07) is 9.01. The molecule has 0 atom stereocenters. The van der Waals surface area contributed by atoms with E-state index in [0.29, 0.717) is 5.58 Å². The number of hydrogen-bond acceptors (Lipinski definition) is 2. The molecule has 0 aliphatic rings. The molecule has 80 valence electrons. The van der Waals surface area contributed by atoms with Crippen molar-refractivity contribution >= 4 is 11.0 Å². The van der Waals surface area contributed by atoms with Crippen LogP contribution in [0.4, 0.5) is 0 Å². The Morgan fingerprint density at radius 3 is 2.47 bits per heavy atom. The molecule has 0 aliphatic heterocycles. The Bertz CT molecular complexity index is 483. The Balaban J connectivity index is 0.000000337. The maximum atomic E-state index is 10.9. The smallest absolute Gasteiger partial charge is 0.336 e. The maximum Gasteiger partial charge on any atom is 0.336 e. The average Bonchev–Trinajstić information content (AvgIpc) is 2.18. The molecule has 0 fully saturated rings. The summed E-state index contributed by atoms with van der Waals surface area (Å²) in [4.78, 5) is 10.9. The minimum absolute atomic E-state index is 0.286. The molecular formula is C13H16O2. The molecule has 2 aromatic rings. The highest BCUT2D eigenvalue weighted by molar-refractivity contribution is 5.79. The standard InChI is InChI=1S/C10H8O2.C3H8/c1-7-6-10(11)12-9-5-3-2-4-8(7)9;1-3-2/h2-6H,1H3;3H2,1-2H3. The fourth-order valence-corrected chi connectivity index (χ4v) is 1.27. The first-order chi connectivity index (χ1) is 7.19. The van der Waals surface area contributed by atoms with Crippen molar-refractivity contribution in [2.75, 3.05) is 0 Å². The van der Waals surface area contributed by atoms with Crippen molar-refractivity contribution in [3.8, 4) is 0 Å². The highest BCUT2D eigenvalue weighted by Gasteiger charge is 1.98. The highest BCUT2D eigenvalue weighted by atomic mass is 16.4. The van der Waals surface area contributed by atoms with Crippen molar-refractivity contribution in [1.82, 2.24) is 0 Å². The zero-order valence-electron chi connectivity index (χ0n) is 9.41. The van der Waals surface area contributed by atoms with E-state index in [1.807, 2.05) is 25.1 Å². The van der Waals surface area contributed by atoms with Gasteiger partial charge in [0.25, 0.3) is 0 Å². The van der Waals surface area contributed by atoms with Gasteiger partial charge in [0, 0.05) is 11.5 Å². The minimum Gasteiger partial charge on any atom is -0.423 e. The number of hydrogen-bond donors (Lipinski definition) is 0. The summed E-state index contributed by atoms with van der Waals surface area (Å²) in [5.41, 5.74) is 1.33. The van der Waals surface area contributed by atoms with Crippen molar-refractivity contribution in [1.29, 1.82) is 0 Å². The van der Waals surface area contributed by atoms with Gasteiger partial charge in [-0.3, -0.25) is 0 Å². The molecule has 2 heteroatoms. The van der Waals surface area contributed by atoms with Crippen molar-refractivity contribution in [3.05, 3.63) is 46.3 Å². The zero-order valence-corrected chi connectivity index (χ0v) is 9.41. The van der Waals surface area contributed by atoms with Crippen molar-refractivity contribution < 1.29 is 4.42 Å². The van der Waals surface area contributed by atoms with Crippen LogP contribution in [0.3, 0.4) is 0 Å². The van der Waals surface area contributed by atoms with Gasteiger partial charge in [0.1, 0.15) is 5.58 Å². The molecule has 2 rings (SSSR count). The first-order valence-electron chi connectivity index (χ1n) is 5.18. The van der Waals surface area contributed by atoms with E-state index in [4.69, 9.17) is 4.42 Å². The van der Waals surface area contributed by atoms with Crippen molar-refractivity contribution in [2.24, 2.45) is 0 Å². The molecule has 0 unspecified atom stereocenters. The molecule has 0 saturated heterocycles. The lowest BCUT2D eigenvalue weighted by Gasteiger charge is -1.97. The van der Waals surface area contributed by atoms with Gasteiger partial charge in [0.2, 0.25) is 0 Å². The monoisotopic (exact) mass is 204 g/mol. The molecule has 2 nitrogen and oxygen atoms in total. The lowest BCUT2D eigenvalue weighted by molar-refractivity contribution is 0.560. The van der Waals surface area contributed by atoms with Gasteiger partial charge in [0.15, 0.2) is 0 Å². The fraction of sp³-hybridized carbons (Fsp3) is 0.308. The summed E-state index contributed by atoms with van der Waals surface area (Å²) in [7, 11) is 0. The van der Waals surface area contributed by atoms with Gasteiger partial charge in [-0.1, -0.05) is 38.5 Å². The fourth-order valence-electron chi connectivity index (χ4n) is 1.27. The van der Waals surface area contributed by atoms with Crippen LogP contribution in [0, 0.1) is 6.92 Å². The Morgan fingerprint density at radius 1 is 1.20 bits per heavy atom. The molecular weight excluding hydrogens is 188 g/mol. The largest absolute Gasteiger partial charge is 0.423 e. The van der Waals surface area contributed by atoms with Gasteiger partial charge in [-0.25, -0.2) is 4.79 Å². The summed E-state index contributed by atoms with van der Waals surface area (Å²) >= 11 is 0. The van der Waals surface area contributed by atoms with Crippen LogP contribution in [0.15, 0.2) is 39.5 Å². The Hall–Kier alpha value is -1.57. The van der Waals surface area contributed by atoms with Gasteiger partial charge in [-0.15, -0.1) is 0 Å². The van der Waals surface area contributed by atoms with Crippen molar-refractivity contribution in [3.63, 3.8) is 0 Å². The van der Waals surface area contributed by atoms with E-state index >= 15 is 0 Å². The topological polar surface area (TPSA) is 30.2 Å². The molecule has 1 aromatic heterocycles. The van der Waals surface area contributed by atoms with Crippen LogP contribution in [0.2, 0.25) is 0 Å². The first kappa shape index (κ1) is 11.5.